The molecule has 0 radical (unpaired) electrons. The van der Waals surface area contributed by atoms with E-state index in [1.165, 1.54) is 49.4 Å². The zero-order valence-electron chi connectivity index (χ0n) is 21.0. The van der Waals surface area contributed by atoms with E-state index in [4.69, 9.17) is 5.73 Å². The highest BCUT2D eigenvalue weighted by molar-refractivity contribution is 6.24. The van der Waals surface area contributed by atoms with E-state index >= 15 is 0 Å². The molecule has 1 aromatic carbocycles. The first kappa shape index (κ1) is 26.5. The summed E-state index contributed by atoms with van der Waals surface area (Å²) in [6.45, 7) is 0. The number of ketones is 2. The number of nitrogens with zero attached hydrogens (tertiary/aromatic N) is 1. The van der Waals surface area contributed by atoms with E-state index in [0.29, 0.717) is 11.1 Å². The molecular weight excluding hydrogens is 511 g/mol. The largest absolute Gasteiger partial charge is 0.508 e. The number of aliphatic hydroxyl groups is 4. The lowest BCUT2D eigenvalue weighted by Crippen LogP contribution is -2.70. The molecule has 0 saturated heterocycles. The van der Waals surface area contributed by atoms with E-state index < -0.39 is 81.5 Å². The highest BCUT2D eigenvalue weighted by Crippen LogP contribution is 2.56. The molecule has 0 aliphatic heterocycles. The van der Waals surface area contributed by atoms with Gasteiger partial charge in [0.2, 0.25) is 5.78 Å². The smallest absolute Gasteiger partial charge is 0.255 e. The van der Waals surface area contributed by atoms with Gasteiger partial charge in [0.25, 0.3) is 5.91 Å². The Labute approximate surface area is 222 Å². The van der Waals surface area contributed by atoms with Crippen molar-refractivity contribution in [1.29, 1.82) is 0 Å². The van der Waals surface area contributed by atoms with Gasteiger partial charge in [0, 0.05) is 17.4 Å². The molecule has 204 valence electrons. The third kappa shape index (κ3) is 3.61. The number of halogens is 1. The quantitative estimate of drug-likeness (QED) is 0.308. The highest BCUT2D eigenvalue weighted by atomic mass is 19.1. The Bertz CT molecular complexity index is 1490. The van der Waals surface area contributed by atoms with E-state index in [9.17, 15) is 44.3 Å². The first-order valence-corrected chi connectivity index (χ1v) is 12.2. The number of likely N-dealkylation sites (N-methyl/N-ethyl adjacent to an activating group) is 1. The number of aliphatic hydroxyl groups excluding tert-OH is 3. The van der Waals surface area contributed by atoms with Gasteiger partial charge in [-0.25, -0.2) is 4.39 Å². The Morgan fingerprint density at radius 2 is 1.87 bits per heavy atom. The van der Waals surface area contributed by atoms with Crippen molar-refractivity contribution >= 4 is 23.2 Å². The number of hydrogen-bond acceptors (Lipinski definition) is 9. The van der Waals surface area contributed by atoms with E-state index in [-0.39, 0.29) is 17.7 Å². The van der Waals surface area contributed by atoms with Crippen LogP contribution in [0.4, 0.5) is 4.39 Å². The van der Waals surface area contributed by atoms with Gasteiger partial charge in [-0.05, 0) is 49.9 Å². The van der Waals surface area contributed by atoms with Crippen LogP contribution in [0.15, 0.2) is 70.8 Å². The van der Waals surface area contributed by atoms with E-state index in [1.54, 1.807) is 12.1 Å². The Morgan fingerprint density at radius 1 is 1.18 bits per heavy atom. The van der Waals surface area contributed by atoms with Gasteiger partial charge in [-0.1, -0.05) is 24.3 Å². The predicted octanol–water partition coefficient (Wildman–Crippen LogP) is 1.22. The fourth-order valence-corrected chi connectivity index (χ4v) is 6.41. The lowest BCUT2D eigenvalue weighted by molar-refractivity contribution is -0.169. The summed E-state index contributed by atoms with van der Waals surface area (Å²) in [5.74, 6) is -10.3. The third-order valence-electron chi connectivity index (χ3n) is 8.09. The molecule has 0 spiro atoms. The van der Waals surface area contributed by atoms with Crippen molar-refractivity contribution in [2.24, 2.45) is 17.6 Å². The number of rotatable bonds is 3. The third-order valence-corrected chi connectivity index (χ3v) is 8.09. The van der Waals surface area contributed by atoms with Gasteiger partial charge < -0.3 is 31.3 Å². The monoisotopic (exact) mass is 538 g/mol. The summed E-state index contributed by atoms with van der Waals surface area (Å²) < 4.78 is 13.6. The number of carbonyl (C=O) groups is 3. The highest BCUT2D eigenvalue weighted by Gasteiger charge is 2.68. The summed E-state index contributed by atoms with van der Waals surface area (Å²) >= 11 is 0. The Hall–Kier alpha value is -4.06. The number of phenolic OH excluding ortho intramolecular Hbond substituents is 1. The fraction of sp³-hybridized carbons (Fsp3) is 0.321. The Balaban J connectivity index is 1.81. The van der Waals surface area contributed by atoms with Crippen molar-refractivity contribution in [3.63, 3.8) is 0 Å². The van der Waals surface area contributed by atoms with Gasteiger partial charge in [-0.2, -0.15) is 0 Å². The van der Waals surface area contributed by atoms with Crippen LogP contribution in [0, 0.1) is 11.8 Å². The van der Waals surface area contributed by atoms with Gasteiger partial charge >= 0.3 is 0 Å². The molecule has 1 fully saturated rings. The minimum absolute atomic E-state index is 0.121. The van der Waals surface area contributed by atoms with Crippen LogP contribution in [0.25, 0.3) is 5.76 Å². The van der Waals surface area contributed by atoms with Crippen molar-refractivity contribution in [3.05, 3.63) is 81.9 Å². The Morgan fingerprint density at radius 3 is 2.46 bits per heavy atom. The lowest BCUT2D eigenvalue weighted by atomic mass is 9.54. The number of allylic oxidation sites excluding steroid dienone is 6. The van der Waals surface area contributed by atoms with Crippen LogP contribution in [0.2, 0.25) is 0 Å². The van der Waals surface area contributed by atoms with Crippen LogP contribution in [0.1, 0.15) is 23.5 Å². The molecule has 10 nitrogen and oxygen atoms in total. The van der Waals surface area contributed by atoms with E-state index in [0.717, 1.165) is 0 Å². The summed E-state index contributed by atoms with van der Waals surface area (Å²) in [7, 11) is 2.87. The van der Waals surface area contributed by atoms with Crippen molar-refractivity contribution in [1.82, 2.24) is 4.90 Å². The average Bonchev–Trinajstić information content (AvgIpc) is 2.86. The van der Waals surface area contributed by atoms with Gasteiger partial charge in [-0.3, -0.25) is 19.3 Å². The maximum atomic E-state index is 14.1. The molecule has 1 amide bonds. The molecule has 4 aliphatic carbocycles. The fourth-order valence-electron chi connectivity index (χ4n) is 6.41. The zero-order valence-corrected chi connectivity index (χ0v) is 21.0. The summed E-state index contributed by atoms with van der Waals surface area (Å²) in [4.78, 5) is 40.8. The van der Waals surface area contributed by atoms with Crippen LogP contribution in [0.5, 0.6) is 5.75 Å². The van der Waals surface area contributed by atoms with E-state index in [2.05, 4.69) is 0 Å². The maximum Gasteiger partial charge on any atom is 0.255 e. The molecule has 0 bridgehead atoms. The minimum Gasteiger partial charge on any atom is -0.508 e. The molecule has 6 atom stereocenters. The number of phenols is 1. The second-order valence-corrected chi connectivity index (χ2v) is 10.4. The molecule has 0 aromatic heterocycles. The van der Waals surface area contributed by atoms with Gasteiger partial charge in [0.05, 0.1) is 23.6 Å². The molecule has 4 aliphatic rings. The van der Waals surface area contributed by atoms with Crippen molar-refractivity contribution in [2.45, 2.75) is 30.1 Å². The zero-order chi connectivity index (χ0) is 28.5. The number of aromatic hydroxyl groups is 1. The lowest BCUT2D eigenvalue weighted by Gasteiger charge is -2.53. The topological polar surface area (TPSA) is 182 Å². The summed E-state index contributed by atoms with van der Waals surface area (Å²) in [6, 6.07) is 2.93. The predicted molar refractivity (Wildman–Crippen MR) is 136 cm³/mol. The number of benzene rings is 1. The molecule has 5 rings (SSSR count). The number of amides is 1. The molecule has 7 N–H and O–H groups in total. The SMILES string of the molecule is CN(C)[C@@H]1C(=O)C(C(N)=O)=C(O)[C@@]2(O)C(=O)C3=C(O)c4c(O)cccc4C(/C=C4\C=CC(F)=CC4)[C@H]3[C@H](O)[C@@H]12. The molecule has 1 aromatic rings. The maximum absolute atomic E-state index is 14.1. The van der Waals surface area contributed by atoms with Gasteiger partial charge in [-0.15, -0.1) is 0 Å². The molecule has 1 saturated carbocycles. The van der Waals surface area contributed by atoms with Crippen molar-refractivity contribution in [3.8, 4) is 5.75 Å². The number of carbonyl (C=O) groups excluding carboxylic acids is 3. The number of primary amides is 1. The number of Topliss-reactive ketones (excluding diaryl/α,β-unsaturated/α-hetero) is 2. The van der Waals surface area contributed by atoms with E-state index in [1.807, 2.05) is 0 Å². The number of nitrogens with two attached hydrogens (primary N) is 1. The average molecular weight is 539 g/mol. The molecule has 39 heavy (non-hydrogen) atoms. The molecular formula is C28H27FN2O8. The first-order valence-electron chi connectivity index (χ1n) is 12.2. The summed E-state index contributed by atoms with van der Waals surface area (Å²) in [6.07, 6.45) is 4.21. The number of fused-ring (bicyclic) bond motifs is 3. The summed E-state index contributed by atoms with van der Waals surface area (Å²) in [5.41, 5.74) is 1.68. The molecule has 0 heterocycles. The first-order chi connectivity index (χ1) is 18.3. The molecule has 11 heteroatoms. The van der Waals surface area contributed by atoms with Crippen LogP contribution in [-0.2, 0) is 14.4 Å². The minimum atomic E-state index is -3.00. The van der Waals surface area contributed by atoms with Gasteiger partial charge in [0.1, 0.15) is 28.7 Å². The van der Waals surface area contributed by atoms with Crippen LogP contribution in [0.3, 0.4) is 0 Å². The van der Waals surface area contributed by atoms with Crippen molar-refractivity contribution in [2.75, 3.05) is 14.1 Å². The second-order valence-electron chi connectivity index (χ2n) is 10.4. The molecule has 1 unspecified atom stereocenters. The Kier molecular flexibility index (Phi) is 6.13. The van der Waals surface area contributed by atoms with Gasteiger partial charge in [0.15, 0.2) is 11.4 Å². The van der Waals surface area contributed by atoms with Crippen LogP contribution >= 0.6 is 0 Å². The van der Waals surface area contributed by atoms with Crippen molar-refractivity contribution < 1.29 is 44.3 Å². The number of hydrogen-bond donors (Lipinski definition) is 6. The normalized spacial score (nSPS) is 33.2. The van der Waals surface area contributed by atoms with Crippen LogP contribution < -0.4 is 5.73 Å². The second kappa shape index (κ2) is 9.01. The summed E-state index contributed by atoms with van der Waals surface area (Å²) in [5, 5.41) is 56.5. The standard InChI is InChI=1S/C28H27FN2O8/c1-31(2)21-20-23(34)17-14(10-11-6-8-12(29)9-7-11)13-4-3-5-15(32)16(13)22(33)18(17)25(36)28(20,39)26(37)19(24(21)35)27(30)38/h3-6,8-10,14,17,20-21,23,32-34,37,39H,7H2,1-2H3,(H2,30,38)/b11-10+/t14?,17-,20-,21+,23+,28+/m1/s1. The van der Waals surface area contributed by atoms with Crippen LogP contribution in [-0.4, -0.2) is 79.7 Å².